The Kier molecular flexibility index (Phi) is 4.78. The van der Waals surface area contributed by atoms with Gasteiger partial charge in [-0.1, -0.05) is 0 Å². The molecule has 158 valence electrons. The van der Waals surface area contributed by atoms with Crippen LogP contribution in [0.2, 0.25) is 0 Å². The van der Waals surface area contributed by atoms with Crippen molar-refractivity contribution >= 4 is 38.7 Å². The van der Waals surface area contributed by atoms with Crippen molar-refractivity contribution in [1.29, 1.82) is 0 Å². The Labute approximate surface area is 182 Å². The molecule has 5 heterocycles. The Bertz CT molecular complexity index is 1160. The second-order valence-corrected chi connectivity index (χ2v) is 8.93. The largest absolute Gasteiger partial charge is 0.381 e. The molecule has 0 aromatic carbocycles. The number of halogens is 1. The standard InChI is InChI=1S/C20H24BrN7O2/c1-22-17-14(21)12(3-7-23-17)15-13-16(26-25-15)24-19(27(2)18(13)29)28-8-4-20(5-9-28)6-10-30-11-20/h3,7H,4-6,8-11H2,1-2H3,(H,22,23)(H,25,26). The number of nitrogens with zero attached hydrogens (tertiary/aromatic N) is 5. The molecule has 5 rings (SSSR count). The van der Waals surface area contributed by atoms with Gasteiger partial charge in [0.1, 0.15) is 11.2 Å². The number of anilines is 2. The van der Waals surface area contributed by atoms with Gasteiger partial charge in [0.2, 0.25) is 5.95 Å². The summed E-state index contributed by atoms with van der Waals surface area (Å²) in [5.74, 6) is 1.36. The number of hydrogen-bond donors (Lipinski definition) is 2. The molecule has 10 heteroatoms. The molecule has 0 aliphatic carbocycles. The zero-order chi connectivity index (χ0) is 20.9. The Balaban J connectivity index is 1.54. The normalized spacial score (nSPS) is 18.4. The lowest BCUT2D eigenvalue weighted by atomic mass is 9.78. The molecule has 0 saturated carbocycles. The molecule has 3 aromatic heterocycles. The number of aromatic nitrogens is 5. The van der Waals surface area contributed by atoms with Crippen molar-refractivity contribution in [3.05, 3.63) is 27.1 Å². The monoisotopic (exact) mass is 473 g/mol. The van der Waals surface area contributed by atoms with Crippen molar-refractivity contribution < 1.29 is 4.74 Å². The Morgan fingerprint density at radius 3 is 2.80 bits per heavy atom. The Morgan fingerprint density at radius 2 is 2.10 bits per heavy atom. The van der Waals surface area contributed by atoms with E-state index in [1.807, 2.05) is 6.07 Å². The summed E-state index contributed by atoms with van der Waals surface area (Å²) in [6.45, 7) is 3.45. The SMILES string of the molecule is CNc1nccc(-c2[nH]nc3nc(N4CCC5(CCOC5)CC4)n(C)c(=O)c23)c1Br. The molecule has 2 aliphatic heterocycles. The molecule has 2 saturated heterocycles. The number of hydrogen-bond acceptors (Lipinski definition) is 7. The van der Waals surface area contributed by atoms with E-state index in [1.165, 1.54) is 0 Å². The number of aromatic amines is 1. The van der Waals surface area contributed by atoms with Crippen LogP contribution < -0.4 is 15.8 Å². The fraction of sp³-hybridized carbons (Fsp3) is 0.500. The van der Waals surface area contributed by atoms with Gasteiger partial charge in [-0.15, -0.1) is 0 Å². The summed E-state index contributed by atoms with van der Waals surface area (Å²) >= 11 is 3.58. The lowest BCUT2D eigenvalue weighted by Crippen LogP contribution is -2.43. The molecule has 0 radical (unpaired) electrons. The van der Waals surface area contributed by atoms with Crippen LogP contribution in [0.4, 0.5) is 11.8 Å². The predicted octanol–water partition coefficient (Wildman–Crippen LogP) is 2.53. The van der Waals surface area contributed by atoms with Gasteiger partial charge in [-0.05, 0) is 46.7 Å². The molecule has 1 spiro atoms. The van der Waals surface area contributed by atoms with E-state index in [4.69, 9.17) is 9.72 Å². The molecule has 0 atom stereocenters. The molecule has 2 fully saturated rings. The van der Waals surface area contributed by atoms with Gasteiger partial charge in [-0.3, -0.25) is 14.5 Å². The van der Waals surface area contributed by atoms with Gasteiger partial charge in [-0.25, -0.2) is 4.98 Å². The van der Waals surface area contributed by atoms with Crippen molar-refractivity contribution in [3.8, 4) is 11.3 Å². The molecule has 2 N–H and O–H groups in total. The maximum Gasteiger partial charge on any atom is 0.266 e. The van der Waals surface area contributed by atoms with Crippen molar-refractivity contribution in [1.82, 2.24) is 24.7 Å². The van der Waals surface area contributed by atoms with Gasteiger partial charge in [0.05, 0.1) is 16.8 Å². The molecule has 2 aliphatic rings. The summed E-state index contributed by atoms with van der Waals surface area (Å²) in [5, 5.41) is 10.9. The topological polar surface area (TPSA) is 101 Å². The van der Waals surface area contributed by atoms with Crippen LogP contribution in [0, 0.1) is 5.41 Å². The highest BCUT2D eigenvalue weighted by atomic mass is 79.9. The van der Waals surface area contributed by atoms with Crippen LogP contribution in [0.25, 0.3) is 22.3 Å². The molecule has 30 heavy (non-hydrogen) atoms. The first-order valence-electron chi connectivity index (χ1n) is 10.1. The second kappa shape index (κ2) is 7.35. The van der Waals surface area contributed by atoms with E-state index in [2.05, 4.69) is 41.3 Å². The number of pyridine rings is 1. The molecule has 0 amide bonds. The van der Waals surface area contributed by atoms with E-state index in [1.54, 1.807) is 24.9 Å². The zero-order valence-electron chi connectivity index (χ0n) is 17.0. The smallest absolute Gasteiger partial charge is 0.266 e. The highest BCUT2D eigenvalue weighted by molar-refractivity contribution is 9.10. The average Bonchev–Trinajstić information content (AvgIpc) is 3.39. The Hall–Kier alpha value is -2.46. The van der Waals surface area contributed by atoms with Crippen molar-refractivity contribution in [2.45, 2.75) is 19.3 Å². The average molecular weight is 474 g/mol. The highest BCUT2D eigenvalue weighted by Crippen LogP contribution is 2.40. The molecular formula is C20H24BrN7O2. The summed E-state index contributed by atoms with van der Waals surface area (Å²) < 4.78 is 8.04. The fourth-order valence-corrected chi connectivity index (χ4v) is 5.19. The second-order valence-electron chi connectivity index (χ2n) is 8.13. The summed E-state index contributed by atoms with van der Waals surface area (Å²) in [7, 11) is 3.58. The number of H-pyrrole nitrogens is 1. The minimum absolute atomic E-state index is 0.113. The minimum atomic E-state index is -0.113. The number of fused-ring (bicyclic) bond motifs is 1. The fourth-order valence-electron chi connectivity index (χ4n) is 4.56. The van der Waals surface area contributed by atoms with E-state index in [-0.39, 0.29) is 5.56 Å². The van der Waals surface area contributed by atoms with Crippen molar-refractivity contribution in [3.63, 3.8) is 0 Å². The zero-order valence-corrected chi connectivity index (χ0v) is 18.6. The molecule has 9 nitrogen and oxygen atoms in total. The molecular weight excluding hydrogens is 450 g/mol. The third-order valence-electron chi connectivity index (χ3n) is 6.46. The third-order valence-corrected chi connectivity index (χ3v) is 7.26. The minimum Gasteiger partial charge on any atom is -0.381 e. The first-order valence-corrected chi connectivity index (χ1v) is 10.9. The van der Waals surface area contributed by atoms with Gasteiger partial charge >= 0.3 is 0 Å². The highest BCUT2D eigenvalue weighted by Gasteiger charge is 2.38. The van der Waals surface area contributed by atoms with E-state index in [0.717, 1.165) is 55.6 Å². The van der Waals surface area contributed by atoms with Gasteiger partial charge in [0.25, 0.3) is 5.56 Å². The van der Waals surface area contributed by atoms with Gasteiger partial charge in [-0.2, -0.15) is 10.1 Å². The number of ether oxygens (including phenoxy) is 1. The molecule has 0 bridgehead atoms. The van der Waals surface area contributed by atoms with Crippen LogP contribution in [0.3, 0.4) is 0 Å². The third kappa shape index (κ3) is 3.01. The summed E-state index contributed by atoms with van der Waals surface area (Å²) in [4.78, 5) is 24.6. The van der Waals surface area contributed by atoms with Crippen LogP contribution >= 0.6 is 15.9 Å². The lowest BCUT2D eigenvalue weighted by Gasteiger charge is -2.39. The number of piperidine rings is 1. The van der Waals surface area contributed by atoms with E-state index in [9.17, 15) is 4.79 Å². The van der Waals surface area contributed by atoms with Gasteiger partial charge in [0, 0.05) is 45.6 Å². The van der Waals surface area contributed by atoms with Crippen LogP contribution in [-0.4, -0.2) is 58.1 Å². The summed E-state index contributed by atoms with van der Waals surface area (Å²) in [5.41, 5.74) is 2.07. The van der Waals surface area contributed by atoms with E-state index in [0.29, 0.717) is 33.9 Å². The van der Waals surface area contributed by atoms with Crippen LogP contribution in [0.1, 0.15) is 19.3 Å². The predicted molar refractivity (Wildman–Crippen MR) is 119 cm³/mol. The number of rotatable bonds is 3. The lowest BCUT2D eigenvalue weighted by molar-refractivity contribution is 0.133. The summed E-state index contributed by atoms with van der Waals surface area (Å²) in [6, 6.07) is 1.85. The quantitative estimate of drug-likeness (QED) is 0.602. The van der Waals surface area contributed by atoms with Crippen molar-refractivity contribution in [2.24, 2.45) is 12.5 Å². The Morgan fingerprint density at radius 1 is 1.30 bits per heavy atom. The van der Waals surface area contributed by atoms with Gasteiger partial charge < -0.3 is 15.0 Å². The van der Waals surface area contributed by atoms with Crippen LogP contribution in [0.5, 0.6) is 0 Å². The van der Waals surface area contributed by atoms with E-state index >= 15 is 0 Å². The molecule has 0 unspecified atom stereocenters. The number of nitrogens with one attached hydrogen (secondary N) is 2. The van der Waals surface area contributed by atoms with Crippen LogP contribution in [0.15, 0.2) is 21.5 Å². The van der Waals surface area contributed by atoms with Crippen LogP contribution in [-0.2, 0) is 11.8 Å². The van der Waals surface area contributed by atoms with E-state index < -0.39 is 0 Å². The maximum absolute atomic E-state index is 13.3. The first kappa shape index (κ1) is 19.5. The van der Waals surface area contributed by atoms with Crippen molar-refractivity contribution in [2.75, 3.05) is 43.6 Å². The maximum atomic E-state index is 13.3. The summed E-state index contributed by atoms with van der Waals surface area (Å²) in [6.07, 6.45) is 4.94. The molecule has 3 aromatic rings. The first-order chi connectivity index (χ1) is 14.5. The van der Waals surface area contributed by atoms with Gasteiger partial charge in [0.15, 0.2) is 5.65 Å².